The fourth-order valence-electron chi connectivity index (χ4n) is 2.37. The lowest BCUT2D eigenvalue weighted by molar-refractivity contribution is 0.282. The normalized spacial score (nSPS) is 12.8. The van der Waals surface area contributed by atoms with Crippen LogP contribution >= 0.6 is 11.6 Å². The van der Waals surface area contributed by atoms with Gasteiger partial charge in [-0.2, -0.15) is 0 Å². The highest BCUT2D eigenvalue weighted by Crippen LogP contribution is 2.44. The predicted octanol–water partition coefficient (Wildman–Crippen LogP) is 3.75. The zero-order chi connectivity index (χ0) is 15.4. The number of phenols is 1. The summed E-state index contributed by atoms with van der Waals surface area (Å²) in [7, 11) is 1.50. The Morgan fingerprint density at radius 1 is 1.24 bits per heavy atom. The molecular formula is C16H17ClFNO2. The molecule has 2 aromatic carbocycles. The molecule has 0 amide bonds. The predicted molar refractivity (Wildman–Crippen MR) is 82.4 cm³/mol. The summed E-state index contributed by atoms with van der Waals surface area (Å²) in [6, 6.07) is 8.49. The summed E-state index contributed by atoms with van der Waals surface area (Å²) in [6.45, 7) is 0.565. The molecule has 0 radical (unpaired) electrons. The zero-order valence-corrected chi connectivity index (χ0v) is 12.5. The molecule has 0 unspecified atom stereocenters. The minimum atomic E-state index is -0.640. The first-order valence-corrected chi connectivity index (χ1v) is 7.06. The van der Waals surface area contributed by atoms with E-state index in [1.165, 1.54) is 13.1 Å². The van der Waals surface area contributed by atoms with Gasteiger partial charge in [-0.3, -0.25) is 0 Å². The number of fused-ring (bicyclic) bond motifs is 1. The summed E-state index contributed by atoms with van der Waals surface area (Å²) >= 11 is 6.15. The maximum Gasteiger partial charge on any atom is 0.165 e. The SMILES string of the molecule is CN.Oc1c(F)cc(-c2ccccc2Cl)c2c1CCCO2. The van der Waals surface area contributed by atoms with E-state index in [4.69, 9.17) is 16.3 Å². The maximum atomic E-state index is 13.8. The van der Waals surface area contributed by atoms with Crippen LogP contribution in [0.3, 0.4) is 0 Å². The van der Waals surface area contributed by atoms with E-state index in [1.54, 1.807) is 6.07 Å². The van der Waals surface area contributed by atoms with E-state index < -0.39 is 5.82 Å². The van der Waals surface area contributed by atoms with Crippen LogP contribution in [0.2, 0.25) is 5.02 Å². The summed E-state index contributed by atoms with van der Waals surface area (Å²) in [5.74, 6) is -0.414. The van der Waals surface area contributed by atoms with Gasteiger partial charge in [0.05, 0.1) is 6.61 Å². The van der Waals surface area contributed by atoms with Crippen LogP contribution in [0.4, 0.5) is 4.39 Å². The second-order valence-corrected chi connectivity index (χ2v) is 4.90. The summed E-state index contributed by atoms with van der Waals surface area (Å²) < 4.78 is 19.5. The van der Waals surface area contributed by atoms with Crippen LogP contribution in [0, 0.1) is 5.82 Å². The van der Waals surface area contributed by atoms with Crippen LogP contribution in [0.1, 0.15) is 12.0 Å². The van der Waals surface area contributed by atoms with Gasteiger partial charge in [0.2, 0.25) is 0 Å². The lowest BCUT2D eigenvalue weighted by Gasteiger charge is -2.22. The number of nitrogens with two attached hydrogens (primary N) is 1. The third kappa shape index (κ3) is 2.96. The van der Waals surface area contributed by atoms with Gasteiger partial charge in [0.15, 0.2) is 11.6 Å². The Morgan fingerprint density at radius 2 is 1.95 bits per heavy atom. The summed E-state index contributed by atoms with van der Waals surface area (Å²) in [5.41, 5.74) is 6.33. The molecule has 112 valence electrons. The Morgan fingerprint density at radius 3 is 2.67 bits per heavy atom. The van der Waals surface area contributed by atoms with Crippen molar-refractivity contribution in [3.05, 3.63) is 46.7 Å². The molecule has 0 aromatic heterocycles. The molecule has 0 saturated carbocycles. The average molecular weight is 310 g/mol. The van der Waals surface area contributed by atoms with Crippen molar-refractivity contribution < 1.29 is 14.2 Å². The van der Waals surface area contributed by atoms with Crippen molar-refractivity contribution >= 4 is 11.6 Å². The monoisotopic (exact) mass is 309 g/mol. The van der Waals surface area contributed by atoms with Crippen molar-refractivity contribution in [3.63, 3.8) is 0 Å². The largest absolute Gasteiger partial charge is 0.505 e. The fourth-order valence-corrected chi connectivity index (χ4v) is 2.61. The van der Waals surface area contributed by atoms with E-state index in [0.29, 0.717) is 40.5 Å². The van der Waals surface area contributed by atoms with Gasteiger partial charge >= 0.3 is 0 Å². The van der Waals surface area contributed by atoms with E-state index in [1.807, 2.05) is 18.2 Å². The summed E-state index contributed by atoms with van der Waals surface area (Å²) in [6.07, 6.45) is 1.38. The molecule has 5 heteroatoms. The van der Waals surface area contributed by atoms with Gasteiger partial charge in [0.1, 0.15) is 5.75 Å². The van der Waals surface area contributed by atoms with Gasteiger partial charge in [-0.15, -0.1) is 0 Å². The van der Waals surface area contributed by atoms with Crippen LogP contribution in [0.15, 0.2) is 30.3 Å². The van der Waals surface area contributed by atoms with E-state index in [0.717, 1.165) is 6.42 Å². The highest BCUT2D eigenvalue weighted by molar-refractivity contribution is 6.33. The number of rotatable bonds is 1. The third-order valence-corrected chi connectivity index (χ3v) is 3.61. The minimum absolute atomic E-state index is 0.314. The molecule has 1 heterocycles. The number of phenolic OH excluding ortho intramolecular Hbond substituents is 1. The molecule has 1 aliphatic heterocycles. The highest BCUT2D eigenvalue weighted by Gasteiger charge is 2.23. The Balaban J connectivity index is 0.000000774. The topological polar surface area (TPSA) is 55.5 Å². The zero-order valence-electron chi connectivity index (χ0n) is 11.7. The van der Waals surface area contributed by atoms with Crippen molar-refractivity contribution in [1.29, 1.82) is 0 Å². The number of hydrogen-bond acceptors (Lipinski definition) is 3. The molecule has 0 spiro atoms. The highest BCUT2D eigenvalue weighted by atomic mass is 35.5. The molecule has 0 aliphatic carbocycles. The third-order valence-electron chi connectivity index (χ3n) is 3.28. The maximum absolute atomic E-state index is 13.8. The molecule has 0 bridgehead atoms. The van der Waals surface area contributed by atoms with Gasteiger partial charge in [-0.25, -0.2) is 4.39 Å². The number of hydrogen-bond donors (Lipinski definition) is 2. The van der Waals surface area contributed by atoms with E-state index in [-0.39, 0.29) is 5.75 Å². The van der Waals surface area contributed by atoms with E-state index in [9.17, 15) is 9.50 Å². The van der Waals surface area contributed by atoms with Gasteiger partial charge in [-0.05, 0) is 32.0 Å². The van der Waals surface area contributed by atoms with Crippen LogP contribution in [0.5, 0.6) is 11.5 Å². The average Bonchev–Trinajstić information content (AvgIpc) is 2.54. The van der Waals surface area contributed by atoms with Crippen molar-refractivity contribution in [2.45, 2.75) is 12.8 Å². The molecule has 0 saturated heterocycles. The molecule has 2 aromatic rings. The smallest absolute Gasteiger partial charge is 0.165 e. The number of benzene rings is 2. The van der Waals surface area contributed by atoms with Crippen molar-refractivity contribution in [2.75, 3.05) is 13.7 Å². The Kier molecular flexibility index (Phi) is 5.04. The van der Waals surface area contributed by atoms with Gasteiger partial charge in [0.25, 0.3) is 0 Å². The summed E-state index contributed by atoms with van der Waals surface area (Å²) in [4.78, 5) is 0. The fraction of sp³-hybridized carbons (Fsp3) is 0.250. The standard InChI is InChI=1S/C15H12ClFO2.CH5N/c16-12-6-2-1-4-9(12)11-8-13(17)14(18)10-5-3-7-19-15(10)11;1-2/h1-2,4,6,8,18H,3,5,7H2;2H2,1H3. The van der Waals surface area contributed by atoms with Gasteiger partial charge < -0.3 is 15.6 Å². The number of ether oxygens (including phenoxy) is 1. The Labute approximate surface area is 128 Å². The van der Waals surface area contributed by atoms with Crippen molar-refractivity contribution in [1.82, 2.24) is 0 Å². The van der Waals surface area contributed by atoms with Gasteiger partial charge in [0, 0.05) is 21.7 Å². The van der Waals surface area contributed by atoms with Crippen LogP contribution < -0.4 is 10.5 Å². The first-order chi connectivity index (χ1) is 10.2. The molecule has 0 atom stereocenters. The van der Waals surface area contributed by atoms with Crippen molar-refractivity contribution in [3.8, 4) is 22.6 Å². The minimum Gasteiger partial charge on any atom is -0.505 e. The van der Waals surface area contributed by atoms with Crippen LogP contribution in [-0.4, -0.2) is 18.8 Å². The second kappa shape index (κ2) is 6.78. The quantitative estimate of drug-likeness (QED) is 0.843. The first kappa shape index (κ1) is 15.6. The number of halogens is 2. The molecule has 1 aliphatic rings. The Bertz CT molecular complexity index is 646. The number of aromatic hydroxyl groups is 1. The van der Waals surface area contributed by atoms with Crippen LogP contribution in [0.25, 0.3) is 11.1 Å². The van der Waals surface area contributed by atoms with Gasteiger partial charge in [-0.1, -0.05) is 29.8 Å². The van der Waals surface area contributed by atoms with Crippen molar-refractivity contribution in [2.24, 2.45) is 5.73 Å². The lowest BCUT2D eigenvalue weighted by Crippen LogP contribution is -2.10. The Hall–Kier alpha value is -1.78. The molecule has 3 N–H and O–H groups in total. The summed E-state index contributed by atoms with van der Waals surface area (Å²) in [5, 5.41) is 10.3. The molecule has 3 rings (SSSR count). The molecular weight excluding hydrogens is 293 g/mol. The molecule has 21 heavy (non-hydrogen) atoms. The van der Waals surface area contributed by atoms with E-state index >= 15 is 0 Å². The van der Waals surface area contributed by atoms with E-state index in [2.05, 4.69) is 5.73 Å². The molecule has 0 fully saturated rings. The van der Waals surface area contributed by atoms with Crippen LogP contribution in [-0.2, 0) is 6.42 Å². The molecule has 3 nitrogen and oxygen atoms in total. The second-order valence-electron chi connectivity index (χ2n) is 4.49. The first-order valence-electron chi connectivity index (χ1n) is 6.68. The lowest BCUT2D eigenvalue weighted by atomic mass is 9.96.